The lowest BCUT2D eigenvalue weighted by molar-refractivity contribution is 0.100. The average Bonchev–Trinajstić information content (AvgIpc) is 3.44. The highest BCUT2D eigenvalue weighted by molar-refractivity contribution is 6.08. The molecule has 38 heavy (non-hydrogen) atoms. The second kappa shape index (κ2) is 11.3. The van der Waals surface area contributed by atoms with Crippen molar-refractivity contribution in [2.45, 2.75) is 20.8 Å². The molecule has 0 radical (unpaired) electrons. The number of benzene rings is 2. The lowest BCUT2D eigenvalue weighted by Gasteiger charge is -2.10. The molecule has 0 saturated heterocycles. The maximum absolute atomic E-state index is 12.9. The Labute approximate surface area is 218 Å². The lowest BCUT2D eigenvalue weighted by atomic mass is 10.0. The highest BCUT2D eigenvalue weighted by Gasteiger charge is 2.26. The number of allylic oxidation sites excluding steroid dienone is 1. The van der Waals surface area contributed by atoms with Crippen LogP contribution in [0.2, 0.25) is 0 Å². The Morgan fingerprint density at radius 3 is 2.11 bits per heavy atom. The molecule has 4 rings (SSSR count). The van der Waals surface area contributed by atoms with Gasteiger partial charge in [0.1, 0.15) is 0 Å². The summed E-state index contributed by atoms with van der Waals surface area (Å²) in [6, 6.07) is 16.1. The summed E-state index contributed by atoms with van der Waals surface area (Å²) in [7, 11) is 0. The monoisotopic (exact) mass is 515 g/mol. The summed E-state index contributed by atoms with van der Waals surface area (Å²) in [4.78, 5) is 37.9. The fourth-order valence-electron chi connectivity index (χ4n) is 4.13. The van der Waals surface area contributed by atoms with E-state index < -0.39 is 18.3 Å². The van der Waals surface area contributed by atoms with Gasteiger partial charge < -0.3 is 18.9 Å². The van der Waals surface area contributed by atoms with Gasteiger partial charge in [-0.05, 0) is 39.0 Å². The zero-order chi connectivity index (χ0) is 27.2. The molecule has 0 aliphatic heterocycles. The topological polar surface area (TPSA) is 122 Å². The summed E-state index contributed by atoms with van der Waals surface area (Å²) in [6.07, 6.45) is 0.656. The van der Waals surface area contributed by atoms with Crippen molar-refractivity contribution >= 4 is 51.8 Å². The third-order valence-corrected chi connectivity index (χ3v) is 5.64. The first-order valence-corrected chi connectivity index (χ1v) is 12.0. The van der Waals surface area contributed by atoms with Crippen LogP contribution < -0.4 is 4.74 Å². The first-order chi connectivity index (χ1) is 18.4. The molecule has 0 aliphatic carbocycles. The van der Waals surface area contributed by atoms with E-state index >= 15 is 0 Å². The fraction of sp³-hybridized carbons (Fsp3) is 0.214. The Hall–Kier alpha value is -5.04. The summed E-state index contributed by atoms with van der Waals surface area (Å²) >= 11 is 0. The van der Waals surface area contributed by atoms with Crippen molar-refractivity contribution < 1.29 is 33.3 Å². The van der Waals surface area contributed by atoms with Crippen LogP contribution in [-0.2, 0) is 14.2 Å². The first-order valence-electron chi connectivity index (χ1n) is 12.0. The lowest BCUT2D eigenvalue weighted by Crippen LogP contribution is -2.18. The van der Waals surface area contributed by atoms with Crippen molar-refractivity contribution in [3.05, 3.63) is 65.9 Å². The number of carbonyl (C=O) groups is 3. The molecule has 0 bridgehead atoms. The predicted octanol–water partition coefficient (Wildman–Crippen LogP) is 6.20. The van der Waals surface area contributed by atoms with Gasteiger partial charge in [-0.15, -0.1) is 0 Å². The van der Waals surface area contributed by atoms with Crippen LogP contribution in [0.25, 0.3) is 33.5 Å². The van der Waals surface area contributed by atoms with Gasteiger partial charge >= 0.3 is 18.3 Å². The van der Waals surface area contributed by atoms with E-state index in [9.17, 15) is 19.6 Å². The zero-order valence-corrected chi connectivity index (χ0v) is 21.1. The van der Waals surface area contributed by atoms with Crippen molar-refractivity contribution in [3.63, 3.8) is 0 Å². The van der Waals surface area contributed by atoms with Crippen LogP contribution in [0.5, 0.6) is 5.88 Å². The van der Waals surface area contributed by atoms with Gasteiger partial charge in [0, 0.05) is 28.1 Å². The predicted molar refractivity (Wildman–Crippen MR) is 140 cm³/mol. The number of fused-ring (bicyclic) bond motifs is 2. The molecule has 2 aromatic heterocycles. The molecule has 0 aliphatic rings. The van der Waals surface area contributed by atoms with E-state index in [1.807, 2.05) is 0 Å². The summed E-state index contributed by atoms with van der Waals surface area (Å²) in [5.41, 5.74) is 1.85. The molecule has 10 nitrogen and oxygen atoms in total. The highest BCUT2D eigenvalue weighted by Crippen LogP contribution is 2.37. The minimum Gasteiger partial charge on any atom is -0.449 e. The third kappa shape index (κ3) is 4.82. The summed E-state index contributed by atoms with van der Waals surface area (Å²) in [5, 5.41) is 11.4. The van der Waals surface area contributed by atoms with E-state index in [0.717, 1.165) is 4.57 Å². The Morgan fingerprint density at radius 1 is 0.842 bits per heavy atom. The Balaban J connectivity index is 1.99. The molecule has 0 fully saturated rings. The molecular formula is C28H25N3O7. The van der Waals surface area contributed by atoms with Crippen LogP contribution in [0, 0.1) is 11.3 Å². The van der Waals surface area contributed by atoms with Crippen molar-refractivity contribution in [3.8, 4) is 11.9 Å². The highest BCUT2D eigenvalue weighted by atomic mass is 16.7. The van der Waals surface area contributed by atoms with Crippen LogP contribution in [-0.4, -0.2) is 47.3 Å². The number of rotatable bonds is 6. The van der Waals surface area contributed by atoms with Crippen molar-refractivity contribution in [2.24, 2.45) is 0 Å². The molecule has 0 spiro atoms. The zero-order valence-electron chi connectivity index (χ0n) is 21.1. The van der Waals surface area contributed by atoms with E-state index in [2.05, 4.69) is 6.07 Å². The van der Waals surface area contributed by atoms with Gasteiger partial charge in [0.15, 0.2) is 0 Å². The largest absolute Gasteiger partial charge is 0.515 e. The number of nitriles is 1. The van der Waals surface area contributed by atoms with Gasteiger partial charge in [0.2, 0.25) is 5.88 Å². The minimum absolute atomic E-state index is 0.0560. The van der Waals surface area contributed by atoms with Crippen molar-refractivity contribution in [1.82, 2.24) is 9.13 Å². The van der Waals surface area contributed by atoms with Crippen LogP contribution in [0.1, 0.15) is 31.9 Å². The van der Waals surface area contributed by atoms with Gasteiger partial charge in [0.25, 0.3) is 0 Å². The molecule has 10 heteroatoms. The van der Waals surface area contributed by atoms with Crippen LogP contribution in [0.4, 0.5) is 14.4 Å². The standard InChI is InChI=1S/C28H25N3O7/c1-4-35-26(32)30-17-22(20-12-7-9-13-23(20)30)18(16-29)15-21-19-11-8-10-14-24(19)31(27(33)36-5-2)25(21)38-28(34)37-6-3/h7-15,17H,4-6H2,1-3H3/b18-15-. The molecule has 0 N–H and O–H groups in total. The minimum atomic E-state index is -1.02. The first kappa shape index (κ1) is 26.0. The molecule has 2 aromatic carbocycles. The Bertz CT molecular complexity index is 1600. The third-order valence-electron chi connectivity index (χ3n) is 5.64. The number of nitrogens with zero attached hydrogens (tertiary/aromatic N) is 3. The average molecular weight is 516 g/mol. The van der Waals surface area contributed by atoms with E-state index in [-0.39, 0.29) is 36.8 Å². The van der Waals surface area contributed by atoms with Crippen molar-refractivity contribution in [1.29, 1.82) is 5.26 Å². The Morgan fingerprint density at radius 2 is 1.45 bits per heavy atom. The Kier molecular flexibility index (Phi) is 7.77. The normalized spacial score (nSPS) is 11.3. The maximum Gasteiger partial charge on any atom is 0.515 e. The molecule has 0 atom stereocenters. The van der Waals surface area contributed by atoms with Crippen LogP contribution in [0.15, 0.2) is 54.7 Å². The van der Waals surface area contributed by atoms with E-state index in [1.165, 1.54) is 16.8 Å². The number of hydrogen-bond donors (Lipinski definition) is 0. The quantitative estimate of drug-likeness (QED) is 0.169. The molecular weight excluding hydrogens is 490 g/mol. The number of aromatic nitrogens is 2. The molecule has 2 heterocycles. The van der Waals surface area contributed by atoms with Crippen LogP contribution >= 0.6 is 0 Å². The smallest absolute Gasteiger partial charge is 0.449 e. The fourth-order valence-corrected chi connectivity index (χ4v) is 4.13. The number of carbonyl (C=O) groups excluding carboxylic acids is 3. The van der Waals surface area contributed by atoms with Gasteiger partial charge in [0.05, 0.1) is 42.5 Å². The summed E-state index contributed by atoms with van der Waals surface area (Å²) in [5.74, 6) is -0.162. The summed E-state index contributed by atoms with van der Waals surface area (Å²) in [6.45, 7) is 5.31. The second-order valence-electron chi connectivity index (χ2n) is 7.85. The van der Waals surface area contributed by atoms with E-state index in [0.29, 0.717) is 27.4 Å². The molecule has 4 aromatic rings. The maximum atomic E-state index is 12.9. The molecule has 194 valence electrons. The number of hydrogen-bond acceptors (Lipinski definition) is 8. The van der Waals surface area contributed by atoms with Gasteiger partial charge in [-0.25, -0.2) is 19.0 Å². The summed E-state index contributed by atoms with van der Waals surface area (Å²) < 4.78 is 23.3. The molecule has 0 amide bonds. The molecule has 0 saturated carbocycles. The second-order valence-corrected chi connectivity index (χ2v) is 7.85. The van der Waals surface area contributed by atoms with E-state index in [4.69, 9.17) is 18.9 Å². The number of para-hydroxylation sites is 2. The van der Waals surface area contributed by atoms with E-state index in [1.54, 1.807) is 69.3 Å². The SMILES string of the molecule is CCOC(=O)Oc1c(/C=C(/C#N)c2cn(C(=O)OCC)c3ccccc23)c2ccccc2n1C(=O)OCC. The number of ether oxygens (including phenoxy) is 4. The van der Waals surface area contributed by atoms with Gasteiger partial charge in [-0.2, -0.15) is 5.26 Å². The van der Waals surface area contributed by atoms with Gasteiger partial charge in [-0.3, -0.25) is 4.57 Å². The van der Waals surface area contributed by atoms with Crippen molar-refractivity contribution in [2.75, 3.05) is 19.8 Å². The van der Waals surface area contributed by atoms with Crippen LogP contribution in [0.3, 0.4) is 0 Å². The molecule has 0 unspecified atom stereocenters. The van der Waals surface area contributed by atoms with Gasteiger partial charge in [-0.1, -0.05) is 36.4 Å².